The highest BCUT2D eigenvalue weighted by molar-refractivity contribution is 5.96. The summed E-state index contributed by atoms with van der Waals surface area (Å²) < 4.78 is 29.8. The smallest absolute Gasteiger partial charge is 0.289 e. The number of furan rings is 1. The van der Waals surface area contributed by atoms with Crippen LogP contribution < -0.4 is 0 Å². The third-order valence-corrected chi connectivity index (χ3v) is 3.86. The lowest BCUT2D eigenvalue weighted by Crippen LogP contribution is -2.42. The van der Waals surface area contributed by atoms with Crippen molar-refractivity contribution in [1.29, 1.82) is 0 Å². The maximum Gasteiger partial charge on any atom is 0.289 e. The zero-order chi connectivity index (χ0) is 16.7. The van der Waals surface area contributed by atoms with Gasteiger partial charge in [0.05, 0.1) is 13.2 Å². The maximum atomic E-state index is 13.3. The Labute approximate surface area is 136 Å². The van der Waals surface area contributed by atoms with Crippen LogP contribution in [0.25, 0.3) is 11.0 Å². The molecule has 0 aliphatic carbocycles. The van der Waals surface area contributed by atoms with Crippen LogP contribution >= 0.6 is 0 Å². The molecule has 1 amide bonds. The summed E-state index contributed by atoms with van der Waals surface area (Å²) in [6, 6.07) is 5.68. The molecular weight excluding hydrogens is 317 g/mol. The number of benzene rings is 1. The van der Waals surface area contributed by atoms with E-state index in [0.29, 0.717) is 35.9 Å². The van der Waals surface area contributed by atoms with Crippen LogP contribution in [-0.2, 0) is 4.74 Å². The summed E-state index contributed by atoms with van der Waals surface area (Å²) in [6.07, 6.45) is -0.467. The minimum atomic E-state index is -0.467. The van der Waals surface area contributed by atoms with E-state index in [9.17, 15) is 9.18 Å². The molecule has 8 heteroatoms. The van der Waals surface area contributed by atoms with E-state index in [4.69, 9.17) is 13.6 Å². The molecule has 7 nitrogen and oxygen atoms in total. The molecule has 3 aromatic rings. The Morgan fingerprint density at radius 3 is 2.96 bits per heavy atom. The van der Waals surface area contributed by atoms with Gasteiger partial charge in [-0.2, -0.15) is 0 Å². The van der Waals surface area contributed by atoms with E-state index in [1.807, 2.05) is 0 Å². The Bertz CT molecular complexity index is 904. The summed E-state index contributed by atoms with van der Waals surface area (Å²) in [4.78, 5) is 14.3. The number of aryl methyl sites for hydroxylation is 1. The monoisotopic (exact) mass is 331 g/mol. The largest absolute Gasteiger partial charge is 0.451 e. The number of amides is 1. The summed E-state index contributed by atoms with van der Waals surface area (Å²) in [7, 11) is 0. The molecule has 1 aliphatic heterocycles. The van der Waals surface area contributed by atoms with Crippen molar-refractivity contribution in [3.63, 3.8) is 0 Å². The predicted octanol–water partition coefficient (Wildman–Crippen LogP) is 2.48. The number of nitrogens with zero attached hydrogens (tertiary/aromatic N) is 3. The Morgan fingerprint density at radius 2 is 2.17 bits per heavy atom. The summed E-state index contributed by atoms with van der Waals surface area (Å²) in [5, 5.41) is 8.26. The van der Waals surface area contributed by atoms with Crippen LogP contribution in [-0.4, -0.2) is 40.7 Å². The summed E-state index contributed by atoms with van der Waals surface area (Å²) in [6.45, 7) is 2.75. The van der Waals surface area contributed by atoms with Crippen LogP contribution in [0.4, 0.5) is 4.39 Å². The number of carbonyl (C=O) groups is 1. The van der Waals surface area contributed by atoms with E-state index in [1.54, 1.807) is 17.9 Å². The Kier molecular flexibility index (Phi) is 3.53. The zero-order valence-electron chi connectivity index (χ0n) is 12.9. The number of morpholine rings is 1. The molecule has 1 fully saturated rings. The standard InChI is InChI=1S/C16H14FN3O4/c1-9-18-19-15(23-9)14-8-20(4-5-22-14)16(21)13-7-10-6-11(17)2-3-12(10)24-13/h2-3,6-7,14H,4-5,8H2,1H3/t14-/m1/s1. The molecule has 0 spiro atoms. The number of ether oxygens (including phenoxy) is 1. The first-order valence-electron chi connectivity index (χ1n) is 7.50. The first-order chi connectivity index (χ1) is 11.6. The van der Waals surface area contributed by atoms with Gasteiger partial charge in [0, 0.05) is 18.9 Å². The molecule has 2 aromatic heterocycles. The second-order valence-electron chi connectivity index (χ2n) is 5.56. The van der Waals surface area contributed by atoms with Gasteiger partial charge in [0.25, 0.3) is 5.91 Å². The Morgan fingerprint density at radius 1 is 1.29 bits per heavy atom. The molecule has 124 valence electrons. The molecule has 0 saturated carbocycles. The van der Waals surface area contributed by atoms with E-state index in [0.717, 1.165) is 0 Å². The van der Waals surface area contributed by atoms with E-state index in [1.165, 1.54) is 18.2 Å². The Hall–Kier alpha value is -2.74. The highest BCUT2D eigenvalue weighted by Crippen LogP contribution is 2.25. The third-order valence-electron chi connectivity index (χ3n) is 3.86. The minimum absolute atomic E-state index is 0.165. The van der Waals surface area contributed by atoms with Crippen LogP contribution in [0.1, 0.15) is 28.4 Å². The second kappa shape index (κ2) is 5.72. The molecule has 0 radical (unpaired) electrons. The molecule has 1 saturated heterocycles. The SMILES string of the molecule is Cc1nnc([C@H]2CN(C(=O)c3cc4cc(F)ccc4o3)CCO2)o1. The van der Waals surface area contributed by atoms with Gasteiger partial charge in [-0.3, -0.25) is 4.79 Å². The molecule has 1 atom stereocenters. The van der Waals surface area contributed by atoms with Crippen LogP contribution in [0.15, 0.2) is 33.1 Å². The molecule has 3 heterocycles. The topological polar surface area (TPSA) is 81.6 Å². The van der Waals surface area contributed by atoms with Gasteiger partial charge in [0.15, 0.2) is 11.9 Å². The first-order valence-corrected chi connectivity index (χ1v) is 7.50. The van der Waals surface area contributed by atoms with Gasteiger partial charge in [0.1, 0.15) is 11.4 Å². The maximum absolute atomic E-state index is 13.3. The third kappa shape index (κ3) is 2.65. The Balaban J connectivity index is 1.56. The number of rotatable bonds is 2. The molecule has 4 rings (SSSR count). The van der Waals surface area contributed by atoms with Gasteiger partial charge in [-0.05, 0) is 24.3 Å². The first kappa shape index (κ1) is 14.8. The average Bonchev–Trinajstić information content (AvgIpc) is 3.20. The van der Waals surface area contributed by atoms with Gasteiger partial charge >= 0.3 is 0 Å². The van der Waals surface area contributed by atoms with Crippen molar-refractivity contribution in [2.75, 3.05) is 19.7 Å². The minimum Gasteiger partial charge on any atom is -0.451 e. The van der Waals surface area contributed by atoms with Crippen molar-refractivity contribution in [3.05, 3.63) is 47.6 Å². The van der Waals surface area contributed by atoms with Crippen molar-refractivity contribution in [2.24, 2.45) is 0 Å². The molecule has 0 N–H and O–H groups in total. The van der Waals surface area contributed by atoms with Crippen molar-refractivity contribution in [1.82, 2.24) is 15.1 Å². The van der Waals surface area contributed by atoms with E-state index in [-0.39, 0.29) is 24.0 Å². The molecule has 0 unspecified atom stereocenters. The average molecular weight is 331 g/mol. The van der Waals surface area contributed by atoms with Crippen molar-refractivity contribution in [3.8, 4) is 0 Å². The fourth-order valence-electron chi connectivity index (χ4n) is 2.70. The number of aromatic nitrogens is 2. The van der Waals surface area contributed by atoms with Crippen LogP contribution in [0.5, 0.6) is 0 Å². The van der Waals surface area contributed by atoms with Gasteiger partial charge in [-0.1, -0.05) is 0 Å². The summed E-state index contributed by atoms with van der Waals surface area (Å²) >= 11 is 0. The molecule has 24 heavy (non-hydrogen) atoms. The lowest BCUT2D eigenvalue weighted by Gasteiger charge is -2.30. The quantitative estimate of drug-likeness (QED) is 0.717. The van der Waals surface area contributed by atoms with E-state index in [2.05, 4.69) is 10.2 Å². The molecular formula is C16H14FN3O4. The fraction of sp³-hybridized carbons (Fsp3) is 0.312. The zero-order valence-corrected chi connectivity index (χ0v) is 12.9. The number of carbonyl (C=O) groups excluding carboxylic acids is 1. The number of fused-ring (bicyclic) bond motifs is 1. The van der Waals surface area contributed by atoms with Crippen LogP contribution in [0, 0.1) is 12.7 Å². The normalized spacial score (nSPS) is 18.2. The molecule has 1 aliphatic rings. The van der Waals surface area contributed by atoms with Gasteiger partial charge in [0.2, 0.25) is 11.8 Å². The van der Waals surface area contributed by atoms with Crippen molar-refractivity contribution in [2.45, 2.75) is 13.0 Å². The number of halogens is 1. The number of hydrogen-bond acceptors (Lipinski definition) is 6. The second-order valence-corrected chi connectivity index (χ2v) is 5.56. The lowest BCUT2D eigenvalue weighted by atomic mass is 10.2. The lowest BCUT2D eigenvalue weighted by molar-refractivity contribution is -0.0356. The highest BCUT2D eigenvalue weighted by atomic mass is 19.1. The van der Waals surface area contributed by atoms with Crippen LogP contribution in [0.3, 0.4) is 0 Å². The molecule has 0 bridgehead atoms. The molecule has 1 aromatic carbocycles. The number of hydrogen-bond donors (Lipinski definition) is 0. The van der Waals surface area contributed by atoms with E-state index >= 15 is 0 Å². The summed E-state index contributed by atoms with van der Waals surface area (Å²) in [5.74, 6) is 0.294. The summed E-state index contributed by atoms with van der Waals surface area (Å²) in [5.41, 5.74) is 0.470. The van der Waals surface area contributed by atoms with Crippen LogP contribution in [0.2, 0.25) is 0 Å². The van der Waals surface area contributed by atoms with Crippen molar-refractivity contribution < 1.29 is 22.8 Å². The van der Waals surface area contributed by atoms with Gasteiger partial charge in [-0.15, -0.1) is 10.2 Å². The fourth-order valence-corrected chi connectivity index (χ4v) is 2.70. The highest BCUT2D eigenvalue weighted by Gasteiger charge is 2.30. The van der Waals surface area contributed by atoms with Gasteiger partial charge in [-0.25, -0.2) is 4.39 Å². The van der Waals surface area contributed by atoms with Crippen molar-refractivity contribution >= 4 is 16.9 Å². The van der Waals surface area contributed by atoms with Gasteiger partial charge < -0.3 is 18.5 Å². The van der Waals surface area contributed by atoms with E-state index < -0.39 is 6.10 Å². The predicted molar refractivity (Wildman–Crippen MR) is 79.8 cm³/mol.